The highest BCUT2D eigenvalue weighted by molar-refractivity contribution is 5.69. The molecule has 7 rings (SSSR count). The van der Waals surface area contributed by atoms with Crippen molar-refractivity contribution >= 4 is 17.6 Å². The number of aromatic nitrogens is 2. The third-order valence-corrected chi connectivity index (χ3v) is 12.5. The summed E-state index contributed by atoms with van der Waals surface area (Å²) >= 11 is 0. The predicted molar refractivity (Wildman–Crippen MR) is 234 cm³/mol. The molecule has 1 aliphatic carbocycles. The Bertz CT molecular complexity index is 2170. The highest BCUT2D eigenvalue weighted by Crippen LogP contribution is 2.47. The molecule has 2 unspecified atom stereocenters. The first-order valence-electron chi connectivity index (χ1n) is 21.8. The van der Waals surface area contributed by atoms with E-state index in [4.69, 9.17) is 28.9 Å². The zero-order valence-electron chi connectivity index (χ0n) is 37.6. The van der Waals surface area contributed by atoms with Crippen LogP contribution in [0.2, 0.25) is 0 Å². The lowest BCUT2D eigenvalue weighted by Gasteiger charge is -2.42. The lowest BCUT2D eigenvalue weighted by atomic mass is 9.73. The largest absolute Gasteiger partial charge is 0.497 e. The van der Waals surface area contributed by atoms with Gasteiger partial charge in [0.15, 0.2) is 5.82 Å². The van der Waals surface area contributed by atoms with Crippen LogP contribution in [0.4, 0.5) is 33.9 Å². The van der Waals surface area contributed by atoms with Gasteiger partial charge in [-0.3, -0.25) is 0 Å². The van der Waals surface area contributed by atoms with E-state index in [0.29, 0.717) is 55.7 Å². The van der Waals surface area contributed by atoms with E-state index < -0.39 is 41.1 Å². The summed E-state index contributed by atoms with van der Waals surface area (Å²) < 4.78 is 85.8. The fraction of sp³-hybridized carbons (Fsp3) is 0.521. The minimum atomic E-state index is -4.83. The molecule has 2 saturated heterocycles. The monoisotopic (exact) mass is 876 g/mol. The second-order valence-corrected chi connectivity index (χ2v) is 18.2. The summed E-state index contributed by atoms with van der Waals surface area (Å²) in [5, 5.41) is 0. The molecule has 2 fully saturated rings. The first-order chi connectivity index (χ1) is 29.9. The van der Waals surface area contributed by atoms with Crippen molar-refractivity contribution in [2.45, 2.75) is 103 Å². The highest BCUT2D eigenvalue weighted by atomic mass is 19.4. The van der Waals surface area contributed by atoms with Crippen LogP contribution in [0.1, 0.15) is 86.9 Å². The number of ether oxygens (including phenoxy) is 4. The first kappa shape index (κ1) is 45.7. The number of carbonyl (C=O) groups is 1. The maximum absolute atomic E-state index is 17.6. The van der Waals surface area contributed by atoms with Gasteiger partial charge in [-0.05, 0) is 126 Å². The van der Waals surface area contributed by atoms with Crippen LogP contribution in [0.5, 0.6) is 17.5 Å². The topological polar surface area (TPSA) is 92.7 Å². The Morgan fingerprint density at radius 1 is 0.857 bits per heavy atom. The van der Waals surface area contributed by atoms with Crippen molar-refractivity contribution in [2.24, 2.45) is 5.92 Å². The Morgan fingerprint density at radius 2 is 1.49 bits per heavy atom. The maximum Gasteiger partial charge on any atom is 0.416 e. The molecular formula is C48H60F4N6O5. The highest BCUT2D eigenvalue weighted by Gasteiger charge is 2.43. The molecule has 340 valence electrons. The number of hydrogen-bond acceptors (Lipinski definition) is 10. The van der Waals surface area contributed by atoms with E-state index in [1.165, 1.54) is 6.07 Å². The summed E-state index contributed by atoms with van der Waals surface area (Å²) in [5.41, 5.74) is 1.03. The second kappa shape index (κ2) is 18.8. The lowest BCUT2D eigenvalue weighted by molar-refractivity contribution is -0.138. The maximum atomic E-state index is 17.6. The normalized spacial score (nSPS) is 20.6. The van der Waals surface area contributed by atoms with Gasteiger partial charge in [-0.1, -0.05) is 31.2 Å². The summed E-state index contributed by atoms with van der Waals surface area (Å²) in [7, 11) is 5.19. The van der Waals surface area contributed by atoms with E-state index >= 15 is 17.6 Å². The van der Waals surface area contributed by atoms with E-state index in [1.807, 2.05) is 65.9 Å². The number of rotatable bonds is 12. The SMILES string of the molecule is COc1ccc(CN(Cc2ccc(OC)cc2)c2ccc(C(F)(F)F)c(C3Cc4nc(OC[C@@H]5CCCN5C)nc(N5CCN(C(=O)OC(C)(C)C)C[C@@H]5C)c4CC3C)c2F)cc1. The van der Waals surface area contributed by atoms with Crippen LogP contribution in [0.15, 0.2) is 60.7 Å². The van der Waals surface area contributed by atoms with E-state index in [1.54, 1.807) is 48.3 Å². The third-order valence-electron chi connectivity index (χ3n) is 12.5. The molecule has 3 aliphatic rings. The minimum absolute atomic E-state index is 0.0401. The number of methoxy groups -OCH3 is 2. The van der Waals surface area contributed by atoms with Crippen LogP contribution in [-0.2, 0) is 36.8 Å². The molecular weight excluding hydrogens is 817 g/mol. The Kier molecular flexibility index (Phi) is 13.6. The van der Waals surface area contributed by atoms with Crippen molar-refractivity contribution in [3.63, 3.8) is 0 Å². The molecule has 11 nitrogen and oxygen atoms in total. The van der Waals surface area contributed by atoms with Crippen LogP contribution in [0, 0.1) is 11.7 Å². The first-order valence-corrected chi connectivity index (χ1v) is 21.8. The van der Waals surface area contributed by atoms with Gasteiger partial charge < -0.3 is 38.5 Å². The third kappa shape index (κ3) is 10.6. The molecule has 1 amide bonds. The number of halogens is 4. The quantitative estimate of drug-likeness (QED) is 0.128. The van der Waals surface area contributed by atoms with Gasteiger partial charge in [0.2, 0.25) is 0 Å². The number of likely N-dealkylation sites (tertiary alicyclic amines) is 1. The molecule has 4 aromatic rings. The van der Waals surface area contributed by atoms with Crippen molar-refractivity contribution < 1.29 is 41.3 Å². The zero-order valence-corrected chi connectivity index (χ0v) is 37.6. The van der Waals surface area contributed by atoms with E-state index in [0.717, 1.165) is 42.1 Å². The average molecular weight is 877 g/mol. The van der Waals surface area contributed by atoms with Gasteiger partial charge in [0.25, 0.3) is 0 Å². The number of likely N-dealkylation sites (N-methyl/N-ethyl adjacent to an activating group) is 1. The molecule has 0 radical (unpaired) electrons. The van der Waals surface area contributed by atoms with Gasteiger partial charge in [0.05, 0.1) is 31.2 Å². The molecule has 0 bridgehead atoms. The van der Waals surface area contributed by atoms with Crippen molar-refractivity contribution in [3.8, 4) is 17.5 Å². The minimum Gasteiger partial charge on any atom is -0.497 e. The number of fused-ring (bicyclic) bond motifs is 1. The fourth-order valence-corrected chi connectivity index (χ4v) is 9.12. The molecule has 15 heteroatoms. The van der Waals surface area contributed by atoms with Crippen molar-refractivity contribution in [1.82, 2.24) is 19.8 Å². The Morgan fingerprint density at radius 3 is 2.03 bits per heavy atom. The molecule has 63 heavy (non-hydrogen) atoms. The molecule has 3 heterocycles. The van der Waals surface area contributed by atoms with Crippen molar-refractivity contribution in [1.29, 1.82) is 0 Å². The number of piperazine rings is 1. The zero-order chi connectivity index (χ0) is 45.2. The Balaban J connectivity index is 1.27. The van der Waals surface area contributed by atoms with Crippen molar-refractivity contribution in [2.75, 3.05) is 63.9 Å². The second-order valence-electron chi connectivity index (χ2n) is 18.2. The van der Waals surface area contributed by atoms with Crippen LogP contribution in [-0.4, -0.2) is 97.6 Å². The number of carbonyl (C=O) groups excluding carboxylic acids is 1. The number of anilines is 2. The molecule has 2 aliphatic heterocycles. The number of hydrogen-bond donors (Lipinski definition) is 0. The van der Waals surface area contributed by atoms with Gasteiger partial charge in [-0.25, -0.2) is 9.18 Å². The van der Waals surface area contributed by atoms with Gasteiger partial charge in [-0.15, -0.1) is 0 Å². The standard InChI is InChI=1S/C48H60F4N6O5/c1-30-24-38-40(53-45(62-29-34-10-9-21-55(34)6)54-44(38)58-23-22-56(26-31(58)2)46(59)63-47(3,4)5)25-37(30)42-39(48(50,51)52)19-20-41(43(42)49)57(27-32-11-15-35(60-7)16-12-32)28-33-13-17-36(61-8)18-14-33/h11-20,30-31,34,37H,9-10,21-29H2,1-8H3/t30?,31-,34-,37?/m0/s1. The number of amides is 1. The lowest BCUT2D eigenvalue weighted by Crippen LogP contribution is -2.55. The van der Waals surface area contributed by atoms with Crippen LogP contribution in [0.3, 0.4) is 0 Å². The summed E-state index contributed by atoms with van der Waals surface area (Å²) in [6.45, 7) is 12.3. The molecule has 4 atom stereocenters. The summed E-state index contributed by atoms with van der Waals surface area (Å²) in [4.78, 5) is 30.8. The predicted octanol–water partition coefficient (Wildman–Crippen LogP) is 9.30. The smallest absolute Gasteiger partial charge is 0.416 e. The van der Waals surface area contributed by atoms with Gasteiger partial charge in [0.1, 0.15) is 29.5 Å². The fourth-order valence-electron chi connectivity index (χ4n) is 9.12. The van der Waals surface area contributed by atoms with Crippen LogP contribution in [0.25, 0.3) is 0 Å². The molecule has 1 aromatic heterocycles. The molecule has 0 N–H and O–H groups in total. The van der Waals surface area contributed by atoms with E-state index in [-0.39, 0.29) is 48.9 Å². The summed E-state index contributed by atoms with van der Waals surface area (Å²) in [5.74, 6) is -0.283. The number of nitrogens with zero attached hydrogens (tertiary/aromatic N) is 6. The van der Waals surface area contributed by atoms with Gasteiger partial charge >= 0.3 is 18.3 Å². The molecule has 0 saturated carbocycles. The Labute approximate surface area is 368 Å². The molecule has 0 spiro atoms. The van der Waals surface area contributed by atoms with E-state index in [2.05, 4.69) is 9.80 Å². The van der Waals surface area contributed by atoms with Crippen LogP contribution >= 0.6 is 0 Å². The van der Waals surface area contributed by atoms with E-state index in [9.17, 15) is 4.79 Å². The van der Waals surface area contributed by atoms with Gasteiger partial charge in [0, 0.05) is 55.9 Å². The summed E-state index contributed by atoms with van der Waals surface area (Å²) in [6.07, 6.45) is -2.87. The van der Waals surface area contributed by atoms with Crippen molar-refractivity contribution in [3.05, 3.63) is 100.0 Å². The Hall–Kier alpha value is -5.31. The molecule has 3 aromatic carbocycles. The summed E-state index contributed by atoms with van der Waals surface area (Å²) in [6, 6.07) is 17.1. The van der Waals surface area contributed by atoms with Crippen LogP contribution < -0.4 is 24.0 Å². The van der Waals surface area contributed by atoms with Gasteiger partial charge in [-0.2, -0.15) is 23.1 Å². The number of alkyl halides is 3. The average Bonchev–Trinajstić information content (AvgIpc) is 3.66. The number of benzene rings is 3.